The van der Waals surface area contributed by atoms with E-state index in [1.165, 1.54) is 0 Å². The molecule has 0 atom stereocenters. The van der Waals surface area contributed by atoms with Gasteiger partial charge in [-0.2, -0.15) is 0 Å². The van der Waals surface area contributed by atoms with Gasteiger partial charge in [0.15, 0.2) is 0 Å². The molecule has 15 heavy (non-hydrogen) atoms. The van der Waals surface area contributed by atoms with E-state index in [0.29, 0.717) is 0 Å². The van der Waals surface area contributed by atoms with Gasteiger partial charge in [0, 0.05) is 12.7 Å². The van der Waals surface area contributed by atoms with E-state index in [1.807, 2.05) is 32.3 Å². The van der Waals surface area contributed by atoms with Crippen LogP contribution in [-0.2, 0) is 0 Å². The molecule has 0 aliphatic carbocycles. The van der Waals surface area contributed by atoms with Crippen LogP contribution in [0.3, 0.4) is 0 Å². The van der Waals surface area contributed by atoms with Gasteiger partial charge in [-0.15, -0.1) is 0 Å². The molecule has 5 heteroatoms. The number of hydrogen-bond donors (Lipinski definition) is 3. The summed E-state index contributed by atoms with van der Waals surface area (Å²) in [5.41, 5.74) is 2.56. The minimum absolute atomic E-state index is 0.168. The van der Waals surface area contributed by atoms with Gasteiger partial charge in [-0.3, -0.25) is 0 Å². The van der Waals surface area contributed by atoms with Gasteiger partial charge in [-0.25, -0.2) is 4.79 Å². The van der Waals surface area contributed by atoms with Crippen LogP contribution in [-0.4, -0.2) is 30.7 Å². The van der Waals surface area contributed by atoms with Gasteiger partial charge >= 0.3 is 5.69 Å². The van der Waals surface area contributed by atoms with Crippen LogP contribution < -0.4 is 15.9 Å². The number of nitrogens with one attached hydrogen (secondary N) is 3. The Morgan fingerprint density at radius 2 is 2.07 bits per heavy atom. The minimum atomic E-state index is -0.168. The number of anilines is 1. The summed E-state index contributed by atoms with van der Waals surface area (Å²) in [7, 11) is 3.88. The predicted octanol–water partition coefficient (Wildman–Crippen LogP) is 0.469. The number of aromatic nitrogens is 2. The number of benzene rings is 1. The molecule has 3 N–H and O–H groups in total. The van der Waals surface area contributed by atoms with Gasteiger partial charge in [0.05, 0.1) is 17.7 Å². The average molecular weight is 206 g/mol. The zero-order valence-electron chi connectivity index (χ0n) is 8.79. The van der Waals surface area contributed by atoms with Crippen LogP contribution in [0.4, 0.5) is 5.69 Å². The molecular formula is C10H14N4O. The number of fused-ring (bicyclic) bond motifs is 1. The second-order valence-electron chi connectivity index (χ2n) is 3.52. The highest BCUT2D eigenvalue weighted by atomic mass is 16.1. The zero-order chi connectivity index (χ0) is 10.8. The van der Waals surface area contributed by atoms with Crippen molar-refractivity contribution in [3.8, 4) is 0 Å². The topological polar surface area (TPSA) is 63.9 Å². The van der Waals surface area contributed by atoms with Gasteiger partial charge in [-0.05, 0) is 25.2 Å². The molecule has 0 aliphatic rings. The van der Waals surface area contributed by atoms with Crippen molar-refractivity contribution in [1.29, 1.82) is 0 Å². The number of H-pyrrole nitrogens is 2. The summed E-state index contributed by atoms with van der Waals surface area (Å²) in [6.07, 6.45) is 0. The normalized spacial score (nSPS) is 10.8. The van der Waals surface area contributed by atoms with Crippen molar-refractivity contribution in [3.63, 3.8) is 0 Å². The van der Waals surface area contributed by atoms with Crippen LogP contribution in [0.15, 0.2) is 23.0 Å². The maximum absolute atomic E-state index is 11.1. The fourth-order valence-electron chi connectivity index (χ4n) is 1.59. The van der Waals surface area contributed by atoms with Crippen LogP contribution in [0.1, 0.15) is 0 Å². The second-order valence-corrected chi connectivity index (χ2v) is 3.52. The lowest BCUT2D eigenvalue weighted by molar-refractivity contribution is 0.777. The summed E-state index contributed by atoms with van der Waals surface area (Å²) in [4.78, 5) is 18.6. The highest BCUT2D eigenvalue weighted by Gasteiger charge is 2.02. The first-order valence-corrected chi connectivity index (χ1v) is 4.78. The van der Waals surface area contributed by atoms with Crippen molar-refractivity contribution >= 4 is 16.7 Å². The Balaban J connectivity index is 2.41. The SMILES string of the molecule is CNCN(C)c1ccc2[nH]c(=O)[nH]c2c1. The molecule has 0 saturated heterocycles. The van der Waals surface area contributed by atoms with Crippen molar-refractivity contribution in [2.24, 2.45) is 0 Å². The molecule has 1 heterocycles. The van der Waals surface area contributed by atoms with Crippen molar-refractivity contribution in [3.05, 3.63) is 28.7 Å². The van der Waals surface area contributed by atoms with E-state index in [0.717, 1.165) is 23.4 Å². The third-order valence-electron chi connectivity index (χ3n) is 2.34. The molecular weight excluding hydrogens is 192 g/mol. The van der Waals surface area contributed by atoms with Crippen LogP contribution in [0, 0.1) is 0 Å². The molecule has 0 radical (unpaired) electrons. The highest BCUT2D eigenvalue weighted by molar-refractivity contribution is 5.78. The summed E-state index contributed by atoms with van der Waals surface area (Å²) < 4.78 is 0. The van der Waals surface area contributed by atoms with E-state index in [1.54, 1.807) is 0 Å². The van der Waals surface area contributed by atoms with Gasteiger partial charge in [0.25, 0.3) is 0 Å². The summed E-state index contributed by atoms with van der Waals surface area (Å²) in [5, 5.41) is 3.07. The fraction of sp³-hybridized carbons (Fsp3) is 0.300. The maximum atomic E-state index is 11.1. The van der Waals surface area contributed by atoms with Gasteiger partial charge in [0.1, 0.15) is 0 Å². The molecule has 0 amide bonds. The van der Waals surface area contributed by atoms with E-state index in [-0.39, 0.29) is 5.69 Å². The Morgan fingerprint density at radius 3 is 2.80 bits per heavy atom. The number of nitrogens with zero attached hydrogens (tertiary/aromatic N) is 1. The van der Waals surface area contributed by atoms with E-state index in [9.17, 15) is 4.79 Å². The first kappa shape index (κ1) is 9.79. The zero-order valence-corrected chi connectivity index (χ0v) is 8.79. The maximum Gasteiger partial charge on any atom is 0.323 e. The van der Waals surface area contributed by atoms with Gasteiger partial charge < -0.3 is 20.2 Å². The van der Waals surface area contributed by atoms with E-state index >= 15 is 0 Å². The summed E-state index contributed by atoms with van der Waals surface area (Å²) in [5.74, 6) is 0. The molecule has 2 rings (SSSR count). The van der Waals surface area contributed by atoms with Crippen molar-refractivity contribution < 1.29 is 0 Å². The fourth-order valence-corrected chi connectivity index (χ4v) is 1.59. The van der Waals surface area contributed by atoms with E-state index < -0.39 is 0 Å². The summed E-state index contributed by atoms with van der Waals surface area (Å²) in [6.45, 7) is 0.764. The Morgan fingerprint density at radius 1 is 1.33 bits per heavy atom. The summed E-state index contributed by atoms with van der Waals surface area (Å²) in [6, 6.07) is 5.82. The average Bonchev–Trinajstić information content (AvgIpc) is 2.57. The third kappa shape index (κ3) is 1.87. The van der Waals surface area contributed by atoms with Crippen LogP contribution in [0.25, 0.3) is 11.0 Å². The quantitative estimate of drug-likeness (QED) is 0.640. The van der Waals surface area contributed by atoms with Crippen LogP contribution >= 0.6 is 0 Å². The van der Waals surface area contributed by atoms with Crippen LogP contribution in [0.2, 0.25) is 0 Å². The molecule has 1 aromatic carbocycles. The Bertz CT molecular complexity index is 513. The Hall–Kier alpha value is -1.75. The Kier molecular flexibility index (Phi) is 2.47. The molecule has 0 aliphatic heterocycles. The lowest BCUT2D eigenvalue weighted by atomic mass is 10.2. The number of hydrogen-bond acceptors (Lipinski definition) is 3. The van der Waals surface area contributed by atoms with E-state index in [4.69, 9.17) is 0 Å². The van der Waals surface area contributed by atoms with Gasteiger partial charge in [-0.1, -0.05) is 0 Å². The van der Waals surface area contributed by atoms with Crippen LogP contribution in [0.5, 0.6) is 0 Å². The van der Waals surface area contributed by atoms with Gasteiger partial charge in [0.2, 0.25) is 0 Å². The largest absolute Gasteiger partial charge is 0.362 e. The number of aromatic amines is 2. The predicted molar refractivity (Wildman–Crippen MR) is 61.2 cm³/mol. The first-order chi connectivity index (χ1) is 7.20. The lowest BCUT2D eigenvalue weighted by Gasteiger charge is -2.18. The molecule has 2 aromatic rings. The molecule has 0 spiro atoms. The van der Waals surface area contributed by atoms with Crippen molar-refractivity contribution in [2.75, 3.05) is 25.7 Å². The number of imidazole rings is 1. The van der Waals surface area contributed by atoms with Crippen molar-refractivity contribution in [1.82, 2.24) is 15.3 Å². The molecule has 5 nitrogen and oxygen atoms in total. The first-order valence-electron chi connectivity index (χ1n) is 4.78. The van der Waals surface area contributed by atoms with E-state index in [2.05, 4.69) is 20.2 Å². The molecule has 0 saturated carbocycles. The molecule has 0 unspecified atom stereocenters. The smallest absolute Gasteiger partial charge is 0.323 e. The minimum Gasteiger partial charge on any atom is -0.362 e. The summed E-state index contributed by atoms with van der Waals surface area (Å²) >= 11 is 0. The Labute approximate surface area is 87.1 Å². The molecule has 0 fully saturated rings. The molecule has 80 valence electrons. The molecule has 0 bridgehead atoms. The third-order valence-corrected chi connectivity index (χ3v) is 2.34. The second kappa shape index (κ2) is 3.78. The lowest BCUT2D eigenvalue weighted by Crippen LogP contribution is -2.28. The monoisotopic (exact) mass is 206 g/mol. The standard InChI is InChI=1S/C10H14N4O/c1-11-6-14(2)7-3-4-8-9(5-7)13-10(15)12-8/h3-5,11H,6H2,1-2H3,(H2,12,13,15). The highest BCUT2D eigenvalue weighted by Crippen LogP contribution is 2.16. The van der Waals surface area contributed by atoms with Crippen molar-refractivity contribution in [2.45, 2.75) is 0 Å². The molecule has 1 aromatic heterocycles. The number of rotatable bonds is 3.